The van der Waals surface area contributed by atoms with Crippen molar-refractivity contribution in [2.75, 3.05) is 0 Å². The zero-order chi connectivity index (χ0) is 15.5. The van der Waals surface area contributed by atoms with Gasteiger partial charge in [-0.1, -0.05) is 17.7 Å². The van der Waals surface area contributed by atoms with Gasteiger partial charge in [0.1, 0.15) is 12.3 Å². The van der Waals surface area contributed by atoms with Gasteiger partial charge in [0.05, 0.1) is 0 Å². The molecule has 1 radical (unpaired) electrons. The van der Waals surface area contributed by atoms with E-state index in [0.29, 0.717) is 30.6 Å². The van der Waals surface area contributed by atoms with Crippen molar-refractivity contribution < 1.29 is 8.78 Å². The molecule has 2 saturated carbocycles. The van der Waals surface area contributed by atoms with Crippen LogP contribution < -0.4 is 0 Å². The van der Waals surface area contributed by atoms with Crippen molar-refractivity contribution in [2.24, 2.45) is 17.8 Å². The molecule has 2 heteroatoms. The van der Waals surface area contributed by atoms with E-state index in [4.69, 9.17) is 0 Å². The topological polar surface area (TPSA) is 0 Å². The number of allylic oxidation sites excluding steroid dienone is 3. The summed E-state index contributed by atoms with van der Waals surface area (Å²) in [5.41, 5.74) is 1.58. The summed E-state index contributed by atoms with van der Waals surface area (Å²) in [6, 6.07) is 0. The standard InChI is InChI=1S/C20H29F2/c1-2-14-3-5-15(6-4-14)16-7-9-17(10-8-16)18-11-12-19(21)20(22)13-18/h2,7,14,17-20H,1,3-6,8-13H2. The smallest absolute Gasteiger partial charge is 0.131 e. The van der Waals surface area contributed by atoms with Crippen molar-refractivity contribution in [3.63, 3.8) is 0 Å². The lowest BCUT2D eigenvalue weighted by Gasteiger charge is -2.37. The van der Waals surface area contributed by atoms with Gasteiger partial charge in [-0.3, -0.25) is 0 Å². The number of alkyl halides is 2. The Kier molecular flexibility index (Phi) is 5.36. The maximum absolute atomic E-state index is 13.6. The largest absolute Gasteiger partial charge is 0.244 e. The van der Waals surface area contributed by atoms with Crippen molar-refractivity contribution in [1.82, 2.24) is 0 Å². The molecule has 3 aliphatic rings. The molecule has 0 aromatic carbocycles. The first-order chi connectivity index (χ1) is 10.7. The van der Waals surface area contributed by atoms with Crippen LogP contribution in [0.25, 0.3) is 0 Å². The Morgan fingerprint density at radius 1 is 0.909 bits per heavy atom. The molecule has 3 rings (SSSR count). The molecular weight excluding hydrogens is 278 g/mol. The second kappa shape index (κ2) is 7.27. The third-order valence-corrected chi connectivity index (χ3v) is 6.27. The van der Waals surface area contributed by atoms with Crippen LogP contribution in [0.4, 0.5) is 8.78 Å². The van der Waals surface area contributed by atoms with Crippen LogP contribution in [0.15, 0.2) is 24.3 Å². The Morgan fingerprint density at radius 3 is 2.27 bits per heavy atom. The van der Waals surface area contributed by atoms with E-state index >= 15 is 0 Å². The summed E-state index contributed by atoms with van der Waals surface area (Å²) in [6.45, 7) is 3.91. The number of hydrogen-bond acceptors (Lipinski definition) is 0. The fourth-order valence-corrected chi connectivity index (χ4v) is 4.69. The highest BCUT2D eigenvalue weighted by molar-refractivity contribution is 5.27. The fourth-order valence-electron chi connectivity index (χ4n) is 4.69. The van der Waals surface area contributed by atoms with Gasteiger partial charge in [0, 0.05) is 5.92 Å². The minimum absolute atomic E-state index is 0.404. The van der Waals surface area contributed by atoms with Crippen LogP contribution >= 0.6 is 0 Å². The minimum Gasteiger partial charge on any atom is -0.244 e. The van der Waals surface area contributed by atoms with Gasteiger partial charge in [-0.2, -0.15) is 0 Å². The monoisotopic (exact) mass is 307 g/mol. The van der Waals surface area contributed by atoms with Crippen molar-refractivity contribution >= 4 is 0 Å². The summed E-state index contributed by atoms with van der Waals surface area (Å²) in [7, 11) is 0. The van der Waals surface area contributed by atoms with Crippen LogP contribution in [0, 0.1) is 23.7 Å². The lowest BCUT2D eigenvalue weighted by Crippen LogP contribution is -2.32. The third-order valence-electron chi connectivity index (χ3n) is 6.27. The first kappa shape index (κ1) is 16.2. The van der Waals surface area contributed by atoms with E-state index in [1.54, 1.807) is 11.5 Å². The minimum atomic E-state index is -1.22. The highest BCUT2D eigenvalue weighted by Crippen LogP contribution is 2.44. The quantitative estimate of drug-likeness (QED) is 0.549. The molecule has 0 nitrogen and oxygen atoms in total. The van der Waals surface area contributed by atoms with Gasteiger partial charge < -0.3 is 0 Å². The molecule has 0 N–H and O–H groups in total. The van der Waals surface area contributed by atoms with Gasteiger partial charge in [0.25, 0.3) is 0 Å². The normalized spacial score (nSPS) is 38.5. The summed E-state index contributed by atoms with van der Waals surface area (Å²) in [5.74, 6) is 3.35. The van der Waals surface area contributed by atoms with Gasteiger partial charge in [0.2, 0.25) is 0 Å². The van der Waals surface area contributed by atoms with Crippen LogP contribution in [0.1, 0.15) is 64.2 Å². The Labute approximate surface area is 134 Å². The van der Waals surface area contributed by atoms with E-state index in [0.717, 1.165) is 19.3 Å². The molecule has 0 saturated heterocycles. The van der Waals surface area contributed by atoms with Gasteiger partial charge in [0.15, 0.2) is 0 Å². The Morgan fingerprint density at radius 2 is 1.68 bits per heavy atom. The lowest BCUT2D eigenvalue weighted by atomic mass is 9.70. The molecule has 0 aromatic heterocycles. The zero-order valence-electron chi connectivity index (χ0n) is 13.6. The SMILES string of the molecule is C=CC1CC[C](C2=CCC(C3CCC(F)C(F)C3)CC2)CC1. The molecule has 0 spiro atoms. The summed E-state index contributed by atoms with van der Waals surface area (Å²) in [5, 5.41) is 0. The maximum Gasteiger partial charge on any atom is 0.131 e. The van der Waals surface area contributed by atoms with Crippen molar-refractivity contribution in [2.45, 2.75) is 76.6 Å². The molecule has 2 fully saturated rings. The van der Waals surface area contributed by atoms with Crippen LogP contribution in [0.5, 0.6) is 0 Å². The van der Waals surface area contributed by atoms with E-state index in [9.17, 15) is 8.78 Å². The second-order valence-corrected chi connectivity index (χ2v) is 7.55. The Hall–Kier alpha value is -0.660. The van der Waals surface area contributed by atoms with E-state index in [1.807, 2.05) is 0 Å². The van der Waals surface area contributed by atoms with Crippen LogP contribution in [-0.2, 0) is 0 Å². The van der Waals surface area contributed by atoms with Crippen molar-refractivity contribution in [3.05, 3.63) is 30.2 Å². The molecule has 0 aliphatic heterocycles. The molecule has 22 heavy (non-hydrogen) atoms. The Bertz CT molecular complexity index is 406. The highest BCUT2D eigenvalue weighted by atomic mass is 19.2. The van der Waals surface area contributed by atoms with Crippen molar-refractivity contribution in [3.8, 4) is 0 Å². The molecule has 4 atom stereocenters. The molecule has 3 aliphatic carbocycles. The van der Waals surface area contributed by atoms with E-state index < -0.39 is 12.3 Å². The molecule has 0 aromatic rings. The maximum atomic E-state index is 13.6. The summed E-state index contributed by atoms with van der Waals surface area (Å²) < 4.78 is 26.9. The van der Waals surface area contributed by atoms with Gasteiger partial charge in [-0.05, 0) is 82.0 Å². The van der Waals surface area contributed by atoms with E-state index in [2.05, 4.69) is 18.7 Å². The average Bonchev–Trinajstić information content (AvgIpc) is 2.58. The van der Waals surface area contributed by atoms with Gasteiger partial charge >= 0.3 is 0 Å². The number of rotatable bonds is 3. The van der Waals surface area contributed by atoms with Crippen molar-refractivity contribution in [1.29, 1.82) is 0 Å². The first-order valence-corrected chi connectivity index (χ1v) is 9.12. The second-order valence-electron chi connectivity index (χ2n) is 7.55. The first-order valence-electron chi connectivity index (χ1n) is 9.12. The van der Waals surface area contributed by atoms with Crippen LogP contribution in [0.3, 0.4) is 0 Å². The summed E-state index contributed by atoms with van der Waals surface area (Å²) >= 11 is 0. The lowest BCUT2D eigenvalue weighted by molar-refractivity contribution is 0.0660. The summed E-state index contributed by atoms with van der Waals surface area (Å²) in [4.78, 5) is 0. The highest BCUT2D eigenvalue weighted by Gasteiger charge is 2.35. The predicted octanol–water partition coefficient (Wildman–Crippen LogP) is 6.14. The summed E-state index contributed by atoms with van der Waals surface area (Å²) in [6.07, 6.45) is 12.3. The molecule has 0 amide bonds. The molecule has 123 valence electrons. The van der Waals surface area contributed by atoms with E-state index in [-0.39, 0.29) is 0 Å². The third kappa shape index (κ3) is 3.63. The van der Waals surface area contributed by atoms with Gasteiger partial charge in [-0.15, -0.1) is 6.58 Å². The number of halogens is 2. The van der Waals surface area contributed by atoms with E-state index in [1.165, 1.54) is 32.1 Å². The average molecular weight is 307 g/mol. The molecular formula is C20H29F2. The van der Waals surface area contributed by atoms with Gasteiger partial charge in [-0.25, -0.2) is 8.78 Å². The fraction of sp³-hybridized carbons (Fsp3) is 0.750. The molecule has 0 heterocycles. The van der Waals surface area contributed by atoms with Crippen LogP contribution in [-0.4, -0.2) is 12.3 Å². The molecule has 4 unspecified atom stereocenters. The molecule has 0 bridgehead atoms. The number of hydrogen-bond donors (Lipinski definition) is 0. The zero-order valence-corrected chi connectivity index (χ0v) is 13.6. The Balaban J connectivity index is 1.51. The van der Waals surface area contributed by atoms with Crippen LogP contribution in [0.2, 0.25) is 0 Å². The predicted molar refractivity (Wildman–Crippen MR) is 88.0 cm³/mol.